The SMILES string of the molecule is O=C(CCc1ccc(-c2ccccc2)[nH]1)NCc1ccc(F)cc1. The van der Waals surface area contributed by atoms with Crippen LogP contribution in [0.4, 0.5) is 4.39 Å². The number of carbonyl (C=O) groups excluding carboxylic acids is 1. The molecule has 3 nitrogen and oxygen atoms in total. The first-order chi connectivity index (χ1) is 11.7. The first-order valence-corrected chi connectivity index (χ1v) is 7.95. The van der Waals surface area contributed by atoms with E-state index in [4.69, 9.17) is 0 Å². The topological polar surface area (TPSA) is 44.9 Å². The Hall–Kier alpha value is -2.88. The number of benzene rings is 2. The van der Waals surface area contributed by atoms with Crippen molar-refractivity contribution in [3.8, 4) is 11.3 Å². The monoisotopic (exact) mass is 322 g/mol. The molecule has 122 valence electrons. The molecule has 3 aromatic rings. The standard InChI is InChI=1S/C20H19FN2O/c21-17-8-6-15(7-9-17)14-22-20(24)13-11-18-10-12-19(23-18)16-4-2-1-3-5-16/h1-10,12,23H,11,13-14H2,(H,22,24). The van der Waals surface area contributed by atoms with Crippen LogP contribution in [0, 0.1) is 5.82 Å². The van der Waals surface area contributed by atoms with Crippen molar-refractivity contribution in [2.24, 2.45) is 0 Å². The highest BCUT2D eigenvalue weighted by atomic mass is 19.1. The molecule has 2 aromatic carbocycles. The minimum Gasteiger partial charge on any atom is -0.358 e. The number of H-pyrrole nitrogens is 1. The molecule has 0 radical (unpaired) electrons. The van der Waals surface area contributed by atoms with Gasteiger partial charge in [0.2, 0.25) is 5.91 Å². The third kappa shape index (κ3) is 4.32. The summed E-state index contributed by atoms with van der Waals surface area (Å²) in [5, 5.41) is 2.85. The van der Waals surface area contributed by atoms with Crippen LogP contribution in [-0.2, 0) is 17.8 Å². The summed E-state index contributed by atoms with van der Waals surface area (Å²) in [6, 6.07) is 20.2. The van der Waals surface area contributed by atoms with Gasteiger partial charge < -0.3 is 10.3 Å². The van der Waals surface area contributed by atoms with Gasteiger partial charge >= 0.3 is 0 Å². The van der Waals surface area contributed by atoms with Crippen LogP contribution in [0.25, 0.3) is 11.3 Å². The van der Waals surface area contributed by atoms with Crippen molar-refractivity contribution in [3.05, 3.63) is 83.8 Å². The van der Waals surface area contributed by atoms with Crippen molar-refractivity contribution < 1.29 is 9.18 Å². The summed E-state index contributed by atoms with van der Waals surface area (Å²) in [5.74, 6) is -0.291. The summed E-state index contributed by atoms with van der Waals surface area (Å²) in [6.45, 7) is 0.416. The van der Waals surface area contributed by atoms with Crippen LogP contribution in [0.1, 0.15) is 17.7 Å². The molecule has 3 rings (SSSR count). The molecule has 1 aromatic heterocycles. The zero-order valence-electron chi connectivity index (χ0n) is 13.3. The molecule has 24 heavy (non-hydrogen) atoms. The van der Waals surface area contributed by atoms with Gasteiger partial charge in [-0.15, -0.1) is 0 Å². The lowest BCUT2D eigenvalue weighted by atomic mass is 10.2. The van der Waals surface area contributed by atoms with Crippen molar-refractivity contribution >= 4 is 5.91 Å². The van der Waals surface area contributed by atoms with Gasteiger partial charge in [-0.2, -0.15) is 0 Å². The molecule has 0 atom stereocenters. The summed E-state index contributed by atoms with van der Waals surface area (Å²) in [6.07, 6.45) is 1.07. The molecule has 0 unspecified atom stereocenters. The van der Waals surface area contributed by atoms with Gasteiger partial charge in [0, 0.05) is 24.4 Å². The van der Waals surface area contributed by atoms with Crippen molar-refractivity contribution in [1.29, 1.82) is 0 Å². The lowest BCUT2D eigenvalue weighted by Gasteiger charge is -2.05. The zero-order chi connectivity index (χ0) is 16.8. The quantitative estimate of drug-likeness (QED) is 0.706. The van der Waals surface area contributed by atoms with Gasteiger partial charge in [-0.1, -0.05) is 42.5 Å². The minimum absolute atomic E-state index is 0.0183. The summed E-state index contributed by atoms with van der Waals surface area (Å²) < 4.78 is 12.8. The summed E-state index contributed by atoms with van der Waals surface area (Å²) in [5.41, 5.74) is 4.10. The van der Waals surface area contributed by atoms with E-state index in [9.17, 15) is 9.18 Å². The fourth-order valence-electron chi connectivity index (χ4n) is 2.51. The fraction of sp³-hybridized carbons (Fsp3) is 0.150. The number of hydrogen-bond acceptors (Lipinski definition) is 1. The molecular weight excluding hydrogens is 303 g/mol. The number of aromatic amines is 1. The Morgan fingerprint density at radius 3 is 2.46 bits per heavy atom. The van der Waals surface area contributed by atoms with Gasteiger partial charge in [0.15, 0.2) is 0 Å². The lowest BCUT2D eigenvalue weighted by molar-refractivity contribution is -0.121. The second-order valence-electron chi connectivity index (χ2n) is 5.67. The van der Waals surface area contributed by atoms with Crippen LogP contribution in [0.5, 0.6) is 0 Å². The molecule has 0 aliphatic rings. The van der Waals surface area contributed by atoms with Gasteiger partial charge in [0.05, 0.1) is 0 Å². The second kappa shape index (κ2) is 7.59. The van der Waals surface area contributed by atoms with Gasteiger partial charge in [-0.3, -0.25) is 4.79 Å². The number of hydrogen-bond donors (Lipinski definition) is 2. The summed E-state index contributed by atoms with van der Waals surface area (Å²) in [7, 11) is 0. The molecule has 4 heteroatoms. The molecule has 0 bridgehead atoms. The maximum atomic E-state index is 12.8. The molecule has 1 amide bonds. The Kier molecular flexibility index (Phi) is 5.06. The van der Waals surface area contributed by atoms with E-state index in [0.717, 1.165) is 22.5 Å². The maximum absolute atomic E-state index is 12.8. The molecule has 0 saturated carbocycles. The summed E-state index contributed by atoms with van der Waals surface area (Å²) in [4.78, 5) is 15.3. The highest BCUT2D eigenvalue weighted by molar-refractivity contribution is 5.76. The van der Waals surface area contributed by atoms with E-state index >= 15 is 0 Å². The molecule has 0 aliphatic heterocycles. The number of halogens is 1. The predicted octanol–water partition coefficient (Wildman–Crippen LogP) is 4.07. The number of rotatable bonds is 6. The van der Waals surface area contributed by atoms with E-state index in [1.807, 2.05) is 42.5 Å². The van der Waals surface area contributed by atoms with E-state index in [1.54, 1.807) is 12.1 Å². The molecule has 0 spiro atoms. The van der Waals surface area contributed by atoms with Crippen LogP contribution < -0.4 is 5.32 Å². The number of aromatic nitrogens is 1. The summed E-state index contributed by atoms with van der Waals surface area (Å²) >= 11 is 0. The number of carbonyl (C=O) groups is 1. The number of nitrogens with one attached hydrogen (secondary N) is 2. The molecule has 0 saturated heterocycles. The van der Waals surface area contributed by atoms with E-state index < -0.39 is 0 Å². The second-order valence-corrected chi connectivity index (χ2v) is 5.67. The van der Waals surface area contributed by atoms with Gasteiger partial charge in [-0.25, -0.2) is 4.39 Å². The Morgan fingerprint density at radius 2 is 1.71 bits per heavy atom. The highest BCUT2D eigenvalue weighted by Crippen LogP contribution is 2.18. The van der Waals surface area contributed by atoms with Crippen molar-refractivity contribution in [3.63, 3.8) is 0 Å². The average Bonchev–Trinajstić information content (AvgIpc) is 3.09. The molecular formula is C20H19FN2O. The van der Waals surface area contributed by atoms with Crippen LogP contribution in [-0.4, -0.2) is 10.9 Å². The van der Waals surface area contributed by atoms with E-state index in [2.05, 4.69) is 10.3 Å². The van der Waals surface area contributed by atoms with Gasteiger partial charge in [0.1, 0.15) is 5.82 Å². The largest absolute Gasteiger partial charge is 0.358 e. The average molecular weight is 322 g/mol. The predicted molar refractivity (Wildman–Crippen MR) is 92.8 cm³/mol. The first-order valence-electron chi connectivity index (χ1n) is 7.95. The van der Waals surface area contributed by atoms with Crippen LogP contribution in [0.2, 0.25) is 0 Å². The zero-order valence-corrected chi connectivity index (χ0v) is 13.3. The van der Waals surface area contributed by atoms with E-state index in [1.165, 1.54) is 12.1 Å². The van der Waals surface area contributed by atoms with E-state index in [-0.39, 0.29) is 11.7 Å². The Bertz CT molecular complexity index is 794. The molecule has 2 N–H and O–H groups in total. The Morgan fingerprint density at radius 1 is 0.958 bits per heavy atom. The number of amides is 1. The van der Waals surface area contributed by atoms with Crippen molar-refractivity contribution in [2.75, 3.05) is 0 Å². The number of aryl methyl sites for hydroxylation is 1. The Balaban J connectivity index is 1.48. The normalized spacial score (nSPS) is 10.5. The van der Waals surface area contributed by atoms with Gasteiger partial charge in [-0.05, 0) is 41.8 Å². The lowest BCUT2D eigenvalue weighted by Crippen LogP contribution is -2.23. The fourth-order valence-corrected chi connectivity index (χ4v) is 2.51. The minimum atomic E-state index is -0.272. The third-order valence-corrected chi connectivity index (χ3v) is 3.86. The van der Waals surface area contributed by atoms with Gasteiger partial charge in [0.25, 0.3) is 0 Å². The molecule has 1 heterocycles. The Labute approximate surface area is 140 Å². The first kappa shape index (κ1) is 16.0. The molecule has 0 aliphatic carbocycles. The van der Waals surface area contributed by atoms with Crippen LogP contribution in [0.3, 0.4) is 0 Å². The smallest absolute Gasteiger partial charge is 0.220 e. The van der Waals surface area contributed by atoms with Crippen LogP contribution >= 0.6 is 0 Å². The van der Waals surface area contributed by atoms with E-state index in [0.29, 0.717) is 19.4 Å². The molecule has 0 fully saturated rings. The van der Waals surface area contributed by atoms with Crippen molar-refractivity contribution in [1.82, 2.24) is 10.3 Å². The van der Waals surface area contributed by atoms with Crippen molar-refractivity contribution in [2.45, 2.75) is 19.4 Å². The highest BCUT2D eigenvalue weighted by Gasteiger charge is 2.05. The maximum Gasteiger partial charge on any atom is 0.220 e. The van der Waals surface area contributed by atoms with Crippen LogP contribution in [0.15, 0.2) is 66.7 Å². The third-order valence-electron chi connectivity index (χ3n) is 3.86.